The maximum atomic E-state index is 12.0. The second-order valence-electron chi connectivity index (χ2n) is 14.7. The van der Waals surface area contributed by atoms with E-state index in [4.69, 9.17) is 0 Å². The van der Waals surface area contributed by atoms with Crippen LogP contribution < -0.4 is 0 Å². The van der Waals surface area contributed by atoms with Gasteiger partial charge in [0.1, 0.15) is 0 Å². The molecule has 41 heavy (non-hydrogen) atoms. The van der Waals surface area contributed by atoms with Gasteiger partial charge in [-0.3, -0.25) is 4.79 Å². The van der Waals surface area contributed by atoms with E-state index in [0.29, 0.717) is 5.57 Å². The maximum Gasteiger partial charge on any atom is 0.248 e. The van der Waals surface area contributed by atoms with Crippen molar-refractivity contribution in [2.45, 2.75) is 148 Å². The standard InChI is InChI=1S/C39H63NO/c1-5-6-7-9-31-13-21-35(22-14-31)37-25-17-33(18-26-37)11-12-34-19-27-38(28-20-34)36-23-15-32(16-24-36)10-8-29-40(4)39(41)30(2)3/h15-16,23-24,31,33-35,37-38H,2,5-14,17-22,25-29H2,1,3-4H3. The van der Waals surface area contributed by atoms with E-state index < -0.39 is 0 Å². The fraction of sp³-hybridized carbons (Fsp3) is 0.769. The Labute approximate surface area is 254 Å². The molecule has 3 aliphatic rings. The molecule has 3 saturated carbocycles. The molecule has 4 rings (SSSR count). The number of rotatable bonds is 14. The molecule has 0 spiro atoms. The van der Waals surface area contributed by atoms with Crippen LogP contribution in [0.4, 0.5) is 0 Å². The van der Waals surface area contributed by atoms with Crippen LogP contribution in [0.1, 0.15) is 153 Å². The Balaban J connectivity index is 1.07. The van der Waals surface area contributed by atoms with Gasteiger partial charge in [0.25, 0.3) is 0 Å². The fourth-order valence-electron chi connectivity index (χ4n) is 8.74. The molecule has 1 aromatic rings. The monoisotopic (exact) mass is 561 g/mol. The van der Waals surface area contributed by atoms with Crippen LogP contribution in [0.5, 0.6) is 0 Å². The number of hydrogen-bond donors (Lipinski definition) is 0. The van der Waals surface area contributed by atoms with E-state index in [2.05, 4.69) is 37.8 Å². The summed E-state index contributed by atoms with van der Waals surface area (Å²) in [5.41, 5.74) is 3.56. The molecule has 230 valence electrons. The summed E-state index contributed by atoms with van der Waals surface area (Å²) in [6, 6.07) is 9.44. The van der Waals surface area contributed by atoms with Crippen LogP contribution >= 0.6 is 0 Å². The molecule has 0 unspecified atom stereocenters. The number of unbranched alkanes of at least 4 members (excludes halogenated alkanes) is 2. The summed E-state index contributed by atoms with van der Waals surface area (Å²) in [5, 5.41) is 0. The molecule has 0 aromatic heterocycles. The molecular weight excluding hydrogens is 498 g/mol. The molecule has 0 radical (unpaired) electrons. The first-order valence-corrected chi connectivity index (χ1v) is 17.9. The zero-order chi connectivity index (χ0) is 29.0. The zero-order valence-corrected chi connectivity index (χ0v) is 27.2. The molecule has 0 heterocycles. The lowest BCUT2D eigenvalue weighted by molar-refractivity contribution is -0.125. The largest absolute Gasteiger partial charge is 0.342 e. The van der Waals surface area contributed by atoms with Gasteiger partial charge in [0.15, 0.2) is 0 Å². The van der Waals surface area contributed by atoms with Gasteiger partial charge in [-0.05, 0) is 118 Å². The van der Waals surface area contributed by atoms with Crippen LogP contribution in [-0.4, -0.2) is 24.4 Å². The van der Waals surface area contributed by atoms with Crippen LogP contribution in [0.2, 0.25) is 0 Å². The quantitative estimate of drug-likeness (QED) is 0.163. The molecule has 0 saturated heterocycles. The third-order valence-corrected chi connectivity index (χ3v) is 11.6. The Hall–Kier alpha value is -1.57. The van der Waals surface area contributed by atoms with Gasteiger partial charge in [0.2, 0.25) is 5.91 Å². The molecule has 0 bridgehead atoms. The highest BCUT2D eigenvalue weighted by molar-refractivity contribution is 5.91. The normalized spacial score (nSPS) is 28.8. The summed E-state index contributed by atoms with van der Waals surface area (Å²) in [5.74, 6) is 6.03. The lowest BCUT2D eigenvalue weighted by Gasteiger charge is -2.38. The topological polar surface area (TPSA) is 20.3 Å². The molecule has 3 fully saturated rings. The first-order valence-electron chi connectivity index (χ1n) is 17.9. The number of carbonyl (C=O) groups is 1. The zero-order valence-electron chi connectivity index (χ0n) is 27.2. The molecule has 0 atom stereocenters. The number of hydrogen-bond acceptors (Lipinski definition) is 1. The third-order valence-electron chi connectivity index (χ3n) is 11.6. The smallest absolute Gasteiger partial charge is 0.248 e. The summed E-state index contributed by atoms with van der Waals surface area (Å²) in [6.45, 7) is 8.68. The highest BCUT2D eigenvalue weighted by atomic mass is 16.2. The number of amides is 1. The van der Waals surface area contributed by atoms with E-state index in [0.717, 1.165) is 54.9 Å². The molecule has 1 aromatic carbocycles. The van der Waals surface area contributed by atoms with E-state index in [-0.39, 0.29) is 5.91 Å². The van der Waals surface area contributed by atoms with E-state index in [1.165, 1.54) is 95.5 Å². The van der Waals surface area contributed by atoms with Gasteiger partial charge < -0.3 is 4.90 Å². The average molecular weight is 562 g/mol. The maximum absolute atomic E-state index is 12.0. The fourth-order valence-corrected chi connectivity index (χ4v) is 8.74. The molecule has 0 aliphatic heterocycles. The third kappa shape index (κ3) is 10.3. The summed E-state index contributed by atoms with van der Waals surface area (Å²) < 4.78 is 0. The second-order valence-corrected chi connectivity index (χ2v) is 14.7. The highest BCUT2D eigenvalue weighted by Crippen LogP contribution is 2.44. The Morgan fingerprint density at radius 1 is 0.732 bits per heavy atom. The second kappa shape index (κ2) is 16.9. The van der Waals surface area contributed by atoms with Crippen molar-refractivity contribution in [2.24, 2.45) is 29.6 Å². The van der Waals surface area contributed by atoms with E-state index in [1.54, 1.807) is 43.1 Å². The predicted molar refractivity (Wildman–Crippen MR) is 176 cm³/mol. The van der Waals surface area contributed by atoms with Gasteiger partial charge in [0.05, 0.1) is 0 Å². The van der Waals surface area contributed by atoms with Gasteiger partial charge in [-0.15, -0.1) is 0 Å². The minimum absolute atomic E-state index is 0.0592. The van der Waals surface area contributed by atoms with Crippen molar-refractivity contribution < 1.29 is 4.79 Å². The minimum Gasteiger partial charge on any atom is -0.342 e. The minimum atomic E-state index is 0.0592. The molecule has 2 nitrogen and oxygen atoms in total. The predicted octanol–water partition coefficient (Wildman–Crippen LogP) is 10.9. The first-order chi connectivity index (χ1) is 19.9. The van der Waals surface area contributed by atoms with Crippen molar-refractivity contribution in [3.8, 4) is 0 Å². The summed E-state index contributed by atoms with van der Waals surface area (Å²) in [7, 11) is 1.88. The lowest BCUT2D eigenvalue weighted by atomic mass is 9.67. The van der Waals surface area contributed by atoms with Crippen LogP contribution in [0, 0.1) is 29.6 Å². The Morgan fingerprint density at radius 2 is 1.24 bits per heavy atom. The summed E-state index contributed by atoms with van der Waals surface area (Å²) in [4.78, 5) is 13.8. The van der Waals surface area contributed by atoms with Gasteiger partial charge in [0, 0.05) is 19.2 Å². The van der Waals surface area contributed by atoms with Crippen molar-refractivity contribution in [2.75, 3.05) is 13.6 Å². The first kappa shape index (κ1) is 32.3. The van der Waals surface area contributed by atoms with Crippen molar-refractivity contribution >= 4 is 5.91 Å². The molecule has 2 heteroatoms. The SMILES string of the molecule is C=C(C)C(=O)N(C)CCCc1ccc(C2CCC(CCC3CCC(C4CCC(CCCCC)CC4)CC3)CC2)cc1. The summed E-state index contributed by atoms with van der Waals surface area (Å²) >= 11 is 0. The Kier molecular flexibility index (Phi) is 13.3. The Morgan fingerprint density at radius 3 is 1.76 bits per heavy atom. The van der Waals surface area contributed by atoms with Crippen molar-refractivity contribution in [1.82, 2.24) is 4.90 Å². The Bertz CT molecular complexity index is 894. The number of carbonyl (C=O) groups excluding carboxylic acids is 1. The molecular formula is C39H63NO. The average Bonchev–Trinajstić information content (AvgIpc) is 3.01. The van der Waals surface area contributed by atoms with Crippen LogP contribution in [0.25, 0.3) is 0 Å². The van der Waals surface area contributed by atoms with Crippen LogP contribution in [0.3, 0.4) is 0 Å². The number of likely N-dealkylation sites (N-methyl/N-ethyl adjacent to an activating group) is 1. The molecule has 1 amide bonds. The van der Waals surface area contributed by atoms with Crippen molar-refractivity contribution in [3.63, 3.8) is 0 Å². The highest BCUT2D eigenvalue weighted by Gasteiger charge is 2.31. The van der Waals surface area contributed by atoms with Gasteiger partial charge in [-0.2, -0.15) is 0 Å². The molecule has 3 aliphatic carbocycles. The lowest BCUT2D eigenvalue weighted by Crippen LogP contribution is -2.28. The number of nitrogens with zero attached hydrogens (tertiary/aromatic N) is 1. The van der Waals surface area contributed by atoms with Gasteiger partial charge >= 0.3 is 0 Å². The van der Waals surface area contributed by atoms with Crippen LogP contribution in [0.15, 0.2) is 36.4 Å². The van der Waals surface area contributed by atoms with Gasteiger partial charge in [-0.1, -0.05) is 102 Å². The van der Waals surface area contributed by atoms with E-state index >= 15 is 0 Å². The van der Waals surface area contributed by atoms with E-state index in [9.17, 15) is 4.79 Å². The van der Waals surface area contributed by atoms with Gasteiger partial charge in [-0.25, -0.2) is 0 Å². The molecule has 0 N–H and O–H groups in total. The van der Waals surface area contributed by atoms with Crippen LogP contribution in [-0.2, 0) is 11.2 Å². The number of aryl methyl sites for hydroxylation is 1. The number of benzene rings is 1. The van der Waals surface area contributed by atoms with Crippen molar-refractivity contribution in [3.05, 3.63) is 47.5 Å². The van der Waals surface area contributed by atoms with Crippen molar-refractivity contribution in [1.29, 1.82) is 0 Å². The summed E-state index contributed by atoms with van der Waals surface area (Å²) in [6.07, 6.45) is 28.8. The van der Waals surface area contributed by atoms with E-state index in [1.807, 2.05) is 7.05 Å².